The highest BCUT2D eigenvalue weighted by Gasteiger charge is 2.14. The van der Waals surface area contributed by atoms with E-state index in [1.807, 2.05) is 6.07 Å². The van der Waals surface area contributed by atoms with Crippen molar-refractivity contribution in [3.63, 3.8) is 0 Å². The van der Waals surface area contributed by atoms with Crippen molar-refractivity contribution in [1.82, 2.24) is 10.2 Å². The normalized spacial score (nSPS) is 14.9. The fourth-order valence-electron chi connectivity index (χ4n) is 3.32. The summed E-state index contributed by atoms with van der Waals surface area (Å²) in [7, 11) is 2.09. The van der Waals surface area contributed by atoms with Gasteiger partial charge in [-0.1, -0.05) is 48.5 Å². The van der Waals surface area contributed by atoms with Gasteiger partial charge in [-0.15, -0.1) is 0 Å². The maximum atomic E-state index is 5.49. The van der Waals surface area contributed by atoms with Crippen molar-refractivity contribution in [2.45, 2.75) is 20.0 Å². The number of aliphatic imine (C=N–C) groups is 1. The third kappa shape index (κ3) is 5.47. The summed E-state index contributed by atoms with van der Waals surface area (Å²) < 4.78 is 5.49. The van der Waals surface area contributed by atoms with Crippen molar-refractivity contribution in [2.75, 3.05) is 44.8 Å². The van der Waals surface area contributed by atoms with Crippen molar-refractivity contribution in [3.05, 3.63) is 65.7 Å². The lowest BCUT2D eigenvalue weighted by Gasteiger charge is -2.30. The molecule has 27 heavy (non-hydrogen) atoms. The highest BCUT2D eigenvalue weighted by atomic mass is 16.5. The molecule has 0 radical (unpaired) electrons. The Bertz CT molecular complexity index is 726. The summed E-state index contributed by atoms with van der Waals surface area (Å²) in [5.74, 6) is 0.929. The molecule has 0 spiro atoms. The standard InChI is InChI=1S/C22H30N4O/c1-3-23-22(25(2)18-19-9-5-4-6-10-19)24-17-20-11-7-8-12-21(20)26-13-15-27-16-14-26/h4-12H,3,13-18H2,1-2H3,(H,23,24). The van der Waals surface area contributed by atoms with Crippen LogP contribution in [0.5, 0.6) is 0 Å². The molecule has 0 aliphatic carbocycles. The molecule has 0 amide bonds. The number of benzene rings is 2. The van der Waals surface area contributed by atoms with E-state index < -0.39 is 0 Å². The molecule has 0 saturated carbocycles. The van der Waals surface area contributed by atoms with Gasteiger partial charge >= 0.3 is 0 Å². The minimum atomic E-state index is 0.662. The van der Waals surface area contributed by atoms with Crippen LogP contribution in [0.15, 0.2) is 59.6 Å². The minimum absolute atomic E-state index is 0.662. The number of ether oxygens (including phenoxy) is 1. The van der Waals surface area contributed by atoms with E-state index in [2.05, 4.69) is 77.6 Å². The van der Waals surface area contributed by atoms with Crippen molar-refractivity contribution in [3.8, 4) is 0 Å². The molecule has 144 valence electrons. The predicted octanol–water partition coefficient (Wildman–Crippen LogP) is 3.12. The van der Waals surface area contributed by atoms with Gasteiger partial charge in [-0.05, 0) is 24.1 Å². The van der Waals surface area contributed by atoms with E-state index in [0.717, 1.165) is 45.4 Å². The van der Waals surface area contributed by atoms with Gasteiger partial charge in [-0.3, -0.25) is 0 Å². The third-order valence-electron chi connectivity index (χ3n) is 4.70. The fraction of sp³-hybridized carbons (Fsp3) is 0.409. The monoisotopic (exact) mass is 366 g/mol. The topological polar surface area (TPSA) is 40.1 Å². The van der Waals surface area contributed by atoms with Gasteiger partial charge in [-0.2, -0.15) is 0 Å². The van der Waals surface area contributed by atoms with Gasteiger partial charge in [0.1, 0.15) is 0 Å². The van der Waals surface area contributed by atoms with Crippen LogP contribution in [0.1, 0.15) is 18.1 Å². The molecule has 2 aromatic carbocycles. The van der Waals surface area contributed by atoms with E-state index in [-0.39, 0.29) is 0 Å². The molecule has 5 nitrogen and oxygen atoms in total. The predicted molar refractivity (Wildman–Crippen MR) is 112 cm³/mol. The van der Waals surface area contributed by atoms with Gasteiger partial charge in [0.25, 0.3) is 0 Å². The van der Waals surface area contributed by atoms with Crippen LogP contribution < -0.4 is 10.2 Å². The van der Waals surface area contributed by atoms with E-state index in [4.69, 9.17) is 9.73 Å². The van der Waals surface area contributed by atoms with Crippen molar-refractivity contribution in [2.24, 2.45) is 4.99 Å². The van der Waals surface area contributed by atoms with Crippen LogP contribution >= 0.6 is 0 Å². The summed E-state index contributed by atoms with van der Waals surface area (Å²) in [6, 6.07) is 19.1. The molecule has 0 bridgehead atoms. The van der Waals surface area contributed by atoms with Gasteiger partial charge < -0.3 is 19.9 Å². The van der Waals surface area contributed by atoms with E-state index in [1.165, 1.54) is 16.8 Å². The Morgan fingerprint density at radius 3 is 2.52 bits per heavy atom. The number of guanidine groups is 1. The molecular weight excluding hydrogens is 336 g/mol. The third-order valence-corrected chi connectivity index (χ3v) is 4.70. The summed E-state index contributed by atoms with van der Waals surface area (Å²) >= 11 is 0. The molecule has 0 unspecified atom stereocenters. The van der Waals surface area contributed by atoms with Crippen LogP contribution in [0.25, 0.3) is 0 Å². The minimum Gasteiger partial charge on any atom is -0.378 e. The number of para-hydroxylation sites is 1. The van der Waals surface area contributed by atoms with Gasteiger partial charge in [0, 0.05) is 38.9 Å². The quantitative estimate of drug-likeness (QED) is 0.630. The van der Waals surface area contributed by atoms with Gasteiger partial charge in [0.05, 0.1) is 19.8 Å². The van der Waals surface area contributed by atoms with Crippen LogP contribution in [-0.2, 0) is 17.8 Å². The Morgan fingerprint density at radius 1 is 1.07 bits per heavy atom. The van der Waals surface area contributed by atoms with Gasteiger partial charge in [0.15, 0.2) is 5.96 Å². The van der Waals surface area contributed by atoms with Crippen molar-refractivity contribution < 1.29 is 4.74 Å². The summed E-state index contributed by atoms with van der Waals surface area (Å²) in [4.78, 5) is 9.48. The average molecular weight is 367 g/mol. The SMILES string of the molecule is CCNC(=NCc1ccccc1N1CCOCC1)N(C)Cc1ccccc1. The number of nitrogens with one attached hydrogen (secondary N) is 1. The Labute approximate surface area is 162 Å². The number of hydrogen-bond donors (Lipinski definition) is 1. The Hall–Kier alpha value is -2.53. The first-order valence-electron chi connectivity index (χ1n) is 9.72. The first-order chi connectivity index (χ1) is 13.3. The highest BCUT2D eigenvalue weighted by molar-refractivity contribution is 5.79. The van der Waals surface area contributed by atoms with Crippen molar-refractivity contribution >= 4 is 11.6 Å². The maximum absolute atomic E-state index is 5.49. The number of morpholine rings is 1. The second-order valence-corrected chi connectivity index (χ2v) is 6.74. The van der Waals surface area contributed by atoms with Crippen LogP contribution in [0.3, 0.4) is 0 Å². The van der Waals surface area contributed by atoms with Crippen molar-refractivity contribution in [1.29, 1.82) is 0 Å². The summed E-state index contributed by atoms with van der Waals surface area (Å²) in [5.41, 5.74) is 3.80. The van der Waals surface area contributed by atoms with Crippen LogP contribution in [0.4, 0.5) is 5.69 Å². The summed E-state index contributed by atoms with van der Waals surface area (Å²) in [6.45, 7) is 7.91. The number of anilines is 1. The highest BCUT2D eigenvalue weighted by Crippen LogP contribution is 2.22. The molecule has 0 aromatic heterocycles. The molecule has 1 fully saturated rings. The average Bonchev–Trinajstić information content (AvgIpc) is 2.72. The smallest absolute Gasteiger partial charge is 0.194 e. The molecule has 1 saturated heterocycles. The first-order valence-corrected chi connectivity index (χ1v) is 9.72. The molecular formula is C22H30N4O. The zero-order chi connectivity index (χ0) is 18.9. The molecule has 2 aromatic rings. The summed E-state index contributed by atoms with van der Waals surface area (Å²) in [5, 5.41) is 3.41. The van der Waals surface area contributed by atoms with Crippen LogP contribution in [-0.4, -0.2) is 50.8 Å². The van der Waals surface area contributed by atoms with E-state index in [9.17, 15) is 0 Å². The Kier molecular flexibility index (Phi) is 7.11. The number of rotatable bonds is 6. The lowest BCUT2D eigenvalue weighted by atomic mass is 10.1. The molecule has 1 heterocycles. The molecule has 0 atom stereocenters. The molecule has 3 rings (SSSR count). The lowest BCUT2D eigenvalue weighted by molar-refractivity contribution is 0.122. The van der Waals surface area contributed by atoms with Gasteiger partial charge in [-0.25, -0.2) is 4.99 Å². The Morgan fingerprint density at radius 2 is 1.78 bits per heavy atom. The molecule has 1 N–H and O–H groups in total. The van der Waals surface area contributed by atoms with Crippen LogP contribution in [0.2, 0.25) is 0 Å². The zero-order valence-corrected chi connectivity index (χ0v) is 16.4. The largest absolute Gasteiger partial charge is 0.378 e. The van der Waals surface area contributed by atoms with Crippen LogP contribution in [0, 0.1) is 0 Å². The first kappa shape index (κ1) is 19.2. The number of nitrogens with zero attached hydrogens (tertiary/aromatic N) is 3. The zero-order valence-electron chi connectivity index (χ0n) is 16.4. The van der Waals surface area contributed by atoms with E-state index in [0.29, 0.717) is 6.54 Å². The maximum Gasteiger partial charge on any atom is 0.194 e. The van der Waals surface area contributed by atoms with E-state index >= 15 is 0 Å². The molecule has 1 aliphatic heterocycles. The summed E-state index contributed by atoms with van der Waals surface area (Å²) in [6.07, 6.45) is 0. The fourth-order valence-corrected chi connectivity index (χ4v) is 3.32. The Balaban J connectivity index is 1.73. The second kappa shape index (κ2) is 9.97. The number of hydrogen-bond acceptors (Lipinski definition) is 3. The van der Waals surface area contributed by atoms with Gasteiger partial charge in [0.2, 0.25) is 0 Å². The lowest BCUT2D eigenvalue weighted by Crippen LogP contribution is -2.38. The molecule has 5 heteroatoms. The second-order valence-electron chi connectivity index (χ2n) is 6.74. The molecule has 1 aliphatic rings. The van der Waals surface area contributed by atoms with E-state index in [1.54, 1.807) is 0 Å².